The second-order valence-electron chi connectivity index (χ2n) is 6.81. The van der Waals surface area contributed by atoms with Crippen LogP contribution >= 0.6 is 11.6 Å². The molecule has 1 aromatic heterocycles. The first-order valence-electron chi connectivity index (χ1n) is 8.62. The standard InChI is InChI=1S/C20H26ClN3O/c1-13(2)15-7-9-16(10-8-15)19(14(3)4)23-12-18(25)24-17-6-5-11-22-20(17)21/h5-11,13-14,19,23H,12H2,1-4H3,(H,24,25)/t19-/m1/s1. The fourth-order valence-corrected chi connectivity index (χ4v) is 2.87. The van der Waals surface area contributed by atoms with Crippen LogP contribution in [0.1, 0.15) is 50.8 Å². The summed E-state index contributed by atoms with van der Waals surface area (Å²) < 4.78 is 0. The third kappa shape index (κ3) is 5.55. The summed E-state index contributed by atoms with van der Waals surface area (Å²) in [6.07, 6.45) is 1.59. The van der Waals surface area contributed by atoms with Crippen molar-refractivity contribution in [2.45, 2.75) is 39.7 Å². The molecule has 0 aliphatic rings. The molecule has 0 aliphatic heterocycles. The van der Waals surface area contributed by atoms with Crippen LogP contribution in [-0.2, 0) is 4.79 Å². The minimum atomic E-state index is -0.139. The van der Waals surface area contributed by atoms with Gasteiger partial charge in [0.15, 0.2) is 5.15 Å². The van der Waals surface area contributed by atoms with E-state index in [0.29, 0.717) is 22.7 Å². The van der Waals surface area contributed by atoms with Gasteiger partial charge in [0.05, 0.1) is 12.2 Å². The van der Waals surface area contributed by atoms with Gasteiger partial charge >= 0.3 is 0 Å². The van der Waals surface area contributed by atoms with Crippen LogP contribution in [0.5, 0.6) is 0 Å². The van der Waals surface area contributed by atoms with Crippen LogP contribution in [-0.4, -0.2) is 17.4 Å². The second kappa shape index (κ2) is 8.97. The van der Waals surface area contributed by atoms with Crippen LogP contribution in [0.3, 0.4) is 0 Å². The fourth-order valence-electron chi connectivity index (χ4n) is 2.70. The number of aromatic nitrogens is 1. The molecule has 2 aromatic rings. The third-order valence-corrected chi connectivity index (χ3v) is 4.45. The molecule has 25 heavy (non-hydrogen) atoms. The lowest BCUT2D eigenvalue weighted by atomic mass is 9.93. The Labute approximate surface area is 155 Å². The highest BCUT2D eigenvalue weighted by molar-refractivity contribution is 6.32. The molecule has 0 aliphatic carbocycles. The summed E-state index contributed by atoms with van der Waals surface area (Å²) in [6.45, 7) is 8.86. The van der Waals surface area contributed by atoms with E-state index in [4.69, 9.17) is 11.6 Å². The number of hydrogen-bond acceptors (Lipinski definition) is 3. The number of nitrogens with one attached hydrogen (secondary N) is 2. The Hall–Kier alpha value is -1.91. The first-order chi connectivity index (χ1) is 11.9. The molecule has 134 valence electrons. The Kier molecular flexibility index (Phi) is 6.97. The molecule has 0 fully saturated rings. The molecule has 0 unspecified atom stereocenters. The average Bonchev–Trinajstić information content (AvgIpc) is 2.57. The van der Waals surface area contributed by atoms with Crippen LogP contribution in [0, 0.1) is 5.92 Å². The van der Waals surface area contributed by atoms with E-state index in [1.54, 1.807) is 18.3 Å². The quantitative estimate of drug-likeness (QED) is 0.699. The van der Waals surface area contributed by atoms with E-state index in [1.807, 2.05) is 0 Å². The lowest BCUT2D eigenvalue weighted by Crippen LogP contribution is -2.33. The van der Waals surface area contributed by atoms with Crippen molar-refractivity contribution in [1.29, 1.82) is 0 Å². The summed E-state index contributed by atoms with van der Waals surface area (Å²) >= 11 is 5.97. The zero-order chi connectivity index (χ0) is 18.4. The Morgan fingerprint density at radius 3 is 2.28 bits per heavy atom. The Balaban J connectivity index is 1.99. The van der Waals surface area contributed by atoms with Gasteiger partial charge in [-0.05, 0) is 35.1 Å². The predicted molar refractivity (Wildman–Crippen MR) is 104 cm³/mol. The first-order valence-corrected chi connectivity index (χ1v) is 9.00. The lowest BCUT2D eigenvalue weighted by molar-refractivity contribution is -0.115. The van der Waals surface area contributed by atoms with Crippen LogP contribution in [0.4, 0.5) is 5.69 Å². The molecule has 1 heterocycles. The maximum atomic E-state index is 12.2. The normalized spacial score (nSPS) is 12.4. The molecular weight excluding hydrogens is 334 g/mol. The minimum Gasteiger partial charge on any atom is -0.322 e. The van der Waals surface area contributed by atoms with Crippen LogP contribution < -0.4 is 10.6 Å². The molecule has 2 rings (SSSR count). The number of anilines is 1. The van der Waals surface area contributed by atoms with Crippen molar-refractivity contribution in [3.8, 4) is 0 Å². The second-order valence-corrected chi connectivity index (χ2v) is 7.17. The molecular formula is C20H26ClN3O. The molecule has 0 radical (unpaired) electrons. The molecule has 1 atom stereocenters. The highest BCUT2D eigenvalue weighted by atomic mass is 35.5. The number of nitrogens with zero attached hydrogens (tertiary/aromatic N) is 1. The number of pyridine rings is 1. The van der Waals surface area contributed by atoms with E-state index in [-0.39, 0.29) is 18.5 Å². The number of halogens is 1. The molecule has 2 N–H and O–H groups in total. The van der Waals surface area contributed by atoms with Gasteiger partial charge in [0.1, 0.15) is 0 Å². The van der Waals surface area contributed by atoms with Crippen molar-refractivity contribution in [2.24, 2.45) is 5.92 Å². The van der Waals surface area contributed by atoms with Crippen LogP contribution in [0.15, 0.2) is 42.6 Å². The zero-order valence-electron chi connectivity index (χ0n) is 15.2. The molecule has 0 spiro atoms. The Bertz CT molecular complexity index is 698. The largest absolute Gasteiger partial charge is 0.322 e. The molecule has 0 bridgehead atoms. The SMILES string of the molecule is CC(C)c1ccc([C@H](NCC(=O)Nc2cccnc2Cl)C(C)C)cc1. The van der Waals surface area contributed by atoms with E-state index in [2.05, 4.69) is 67.6 Å². The summed E-state index contributed by atoms with van der Waals surface area (Å²) in [4.78, 5) is 16.2. The molecule has 0 saturated heterocycles. The molecule has 1 amide bonds. The highest BCUT2D eigenvalue weighted by Gasteiger charge is 2.17. The number of amides is 1. The maximum Gasteiger partial charge on any atom is 0.238 e. The van der Waals surface area contributed by atoms with Gasteiger partial charge in [0.25, 0.3) is 0 Å². The van der Waals surface area contributed by atoms with Crippen molar-refractivity contribution in [1.82, 2.24) is 10.3 Å². The first kappa shape index (κ1) is 19.4. The summed E-state index contributed by atoms with van der Waals surface area (Å²) in [6, 6.07) is 12.2. The minimum absolute atomic E-state index is 0.108. The number of rotatable bonds is 7. The van der Waals surface area contributed by atoms with Gasteiger partial charge in [-0.3, -0.25) is 4.79 Å². The van der Waals surface area contributed by atoms with Crippen molar-refractivity contribution in [2.75, 3.05) is 11.9 Å². The zero-order valence-corrected chi connectivity index (χ0v) is 16.0. The van der Waals surface area contributed by atoms with E-state index >= 15 is 0 Å². The molecule has 5 heteroatoms. The smallest absolute Gasteiger partial charge is 0.238 e. The Morgan fingerprint density at radius 1 is 1.08 bits per heavy atom. The monoisotopic (exact) mass is 359 g/mol. The van der Waals surface area contributed by atoms with Gasteiger partial charge in [0.2, 0.25) is 5.91 Å². The molecule has 0 saturated carbocycles. The van der Waals surface area contributed by atoms with E-state index < -0.39 is 0 Å². The van der Waals surface area contributed by atoms with Crippen LogP contribution in [0.25, 0.3) is 0 Å². The number of benzene rings is 1. The van der Waals surface area contributed by atoms with Gasteiger partial charge in [-0.2, -0.15) is 0 Å². The molecule has 4 nitrogen and oxygen atoms in total. The van der Waals surface area contributed by atoms with Crippen molar-refractivity contribution in [3.05, 3.63) is 58.9 Å². The predicted octanol–water partition coefficient (Wildman–Crippen LogP) is 4.78. The number of carbonyl (C=O) groups is 1. The Morgan fingerprint density at radius 2 is 1.72 bits per heavy atom. The fraction of sp³-hybridized carbons (Fsp3) is 0.400. The van der Waals surface area contributed by atoms with E-state index in [0.717, 1.165) is 0 Å². The number of carbonyl (C=O) groups excluding carboxylic acids is 1. The van der Waals surface area contributed by atoms with Gasteiger partial charge in [-0.15, -0.1) is 0 Å². The summed E-state index contributed by atoms with van der Waals surface area (Å²) in [5.74, 6) is 0.730. The summed E-state index contributed by atoms with van der Waals surface area (Å²) in [5.41, 5.74) is 3.03. The van der Waals surface area contributed by atoms with Crippen molar-refractivity contribution >= 4 is 23.2 Å². The number of hydrogen-bond donors (Lipinski definition) is 2. The summed E-state index contributed by atoms with van der Waals surface area (Å²) in [5, 5.41) is 6.42. The van der Waals surface area contributed by atoms with Crippen molar-refractivity contribution in [3.63, 3.8) is 0 Å². The van der Waals surface area contributed by atoms with Gasteiger partial charge < -0.3 is 10.6 Å². The molecule has 1 aromatic carbocycles. The summed E-state index contributed by atoms with van der Waals surface area (Å²) in [7, 11) is 0. The highest BCUT2D eigenvalue weighted by Crippen LogP contribution is 2.24. The van der Waals surface area contributed by atoms with Gasteiger partial charge in [0, 0.05) is 12.2 Å². The van der Waals surface area contributed by atoms with Gasteiger partial charge in [-0.1, -0.05) is 63.6 Å². The van der Waals surface area contributed by atoms with E-state index in [1.165, 1.54) is 11.1 Å². The maximum absolute atomic E-state index is 12.2. The lowest BCUT2D eigenvalue weighted by Gasteiger charge is -2.23. The topological polar surface area (TPSA) is 54.0 Å². The van der Waals surface area contributed by atoms with Gasteiger partial charge in [-0.25, -0.2) is 4.98 Å². The van der Waals surface area contributed by atoms with Crippen molar-refractivity contribution < 1.29 is 4.79 Å². The van der Waals surface area contributed by atoms with Crippen LogP contribution in [0.2, 0.25) is 5.15 Å². The average molecular weight is 360 g/mol. The van der Waals surface area contributed by atoms with E-state index in [9.17, 15) is 4.79 Å². The third-order valence-electron chi connectivity index (χ3n) is 4.14.